The van der Waals surface area contributed by atoms with Crippen molar-refractivity contribution in [2.24, 2.45) is 5.16 Å². The van der Waals surface area contributed by atoms with Gasteiger partial charge in [0.15, 0.2) is 11.2 Å². The molecule has 3 aromatic rings. The first-order valence-corrected chi connectivity index (χ1v) is 11.2. The Labute approximate surface area is 194 Å². The van der Waals surface area contributed by atoms with Gasteiger partial charge in [-0.25, -0.2) is 9.59 Å². The minimum Gasteiger partial charge on any atom is -0.476 e. The van der Waals surface area contributed by atoms with Crippen molar-refractivity contribution in [1.29, 1.82) is 0 Å². The summed E-state index contributed by atoms with van der Waals surface area (Å²) in [7, 11) is 0. The van der Waals surface area contributed by atoms with Crippen molar-refractivity contribution in [3.05, 3.63) is 77.6 Å². The van der Waals surface area contributed by atoms with Crippen molar-refractivity contribution in [2.45, 2.75) is 37.4 Å². The largest absolute Gasteiger partial charge is 0.476 e. The lowest BCUT2D eigenvalue weighted by Crippen LogP contribution is -2.40. The molecule has 1 aliphatic carbocycles. The number of carbonyl (C=O) groups excluding carboxylic acids is 1. The summed E-state index contributed by atoms with van der Waals surface area (Å²) in [6.45, 7) is 0. The number of nitrogens with two attached hydrogens (primary N) is 1. The van der Waals surface area contributed by atoms with Gasteiger partial charge in [0.2, 0.25) is 17.1 Å². The van der Waals surface area contributed by atoms with Crippen LogP contribution in [0, 0.1) is 0 Å². The smallest absolute Gasteiger partial charge is 0.362 e. The van der Waals surface area contributed by atoms with E-state index in [2.05, 4.69) is 14.5 Å². The summed E-state index contributed by atoms with van der Waals surface area (Å²) in [5, 5.41) is 13.4. The van der Waals surface area contributed by atoms with Crippen molar-refractivity contribution >= 4 is 34.3 Å². The van der Waals surface area contributed by atoms with E-state index in [1.807, 2.05) is 60.7 Å². The van der Waals surface area contributed by atoms with E-state index in [4.69, 9.17) is 15.3 Å². The van der Waals surface area contributed by atoms with Crippen molar-refractivity contribution in [3.8, 4) is 0 Å². The number of carboxylic acid groups (broad SMARTS) is 1. The number of hydrogen-bond donors (Lipinski definition) is 2. The van der Waals surface area contributed by atoms with E-state index in [-0.39, 0.29) is 11.0 Å². The first-order valence-electron chi connectivity index (χ1n) is 10.4. The average Bonchev–Trinajstić information content (AvgIpc) is 3.48. The van der Waals surface area contributed by atoms with Gasteiger partial charge < -0.3 is 20.4 Å². The number of benzene rings is 2. The lowest BCUT2D eigenvalue weighted by Gasteiger charge is -2.28. The highest BCUT2D eigenvalue weighted by atomic mass is 32.1. The molecule has 1 aromatic heterocycles. The molecule has 1 aliphatic rings. The number of ether oxygens (including phenoxy) is 1. The molecule has 4 rings (SSSR count). The van der Waals surface area contributed by atoms with Crippen LogP contribution in [-0.2, 0) is 19.2 Å². The summed E-state index contributed by atoms with van der Waals surface area (Å²) in [4.78, 5) is 34.6. The van der Waals surface area contributed by atoms with Gasteiger partial charge in [-0.05, 0) is 24.0 Å². The summed E-state index contributed by atoms with van der Waals surface area (Å²) in [5.41, 5.74) is 5.25. The lowest BCUT2D eigenvalue weighted by atomic mass is 9.99. The molecule has 0 atom stereocenters. The molecule has 33 heavy (non-hydrogen) atoms. The number of esters is 1. The van der Waals surface area contributed by atoms with E-state index in [1.54, 1.807) is 0 Å². The zero-order valence-corrected chi connectivity index (χ0v) is 18.4. The predicted molar refractivity (Wildman–Crippen MR) is 122 cm³/mol. The second kappa shape index (κ2) is 9.78. The summed E-state index contributed by atoms with van der Waals surface area (Å²) >= 11 is 0.843. The third-order valence-electron chi connectivity index (χ3n) is 5.38. The van der Waals surface area contributed by atoms with Gasteiger partial charge in [0.25, 0.3) is 0 Å². The Morgan fingerprint density at radius 1 is 1.03 bits per heavy atom. The van der Waals surface area contributed by atoms with Gasteiger partial charge in [-0.1, -0.05) is 65.8 Å². The van der Waals surface area contributed by atoms with Crippen LogP contribution in [0.25, 0.3) is 0 Å². The van der Waals surface area contributed by atoms with Gasteiger partial charge in [0.05, 0.1) is 0 Å². The molecule has 2 aromatic carbocycles. The summed E-state index contributed by atoms with van der Waals surface area (Å²) in [6, 6.07) is 18.8. The third kappa shape index (κ3) is 5.01. The fourth-order valence-electron chi connectivity index (χ4n) is 3.72. The van der Waals surface area contributed by atoms with Gasteiger partial charge in [-0.15, -0.1) is 0 Å². The summed E-state index contributed by atoms with van der Waals surface area (Å²) in [6.07, 6.45) is 1.49. The molecule has 3 N–H and O–H groups in total. The molecular formula is C23H22N4O5S. The monoisotopic (exact) mass is 466 g/mol. The van der Waals surface area contributed by atoms with E-state index >= 15 is 0 Å². The number of carboxylic acids is 1. The molecule has 0 amide bonds. The maximum atomic E-state index is 13.4. The number of nitrogen functional groups attached to an aromatic ring is 1. The molecule has 10 heteroatoms. The van der Waals surface area contributed by atoms with Gasteiger partial charge >= 0.3 is 11.9 Å². The lowest BCUT2D eigenvalue weighted by molar-refractivity contribution is -0.176. The Morgan fingerprint density at radius 3 is 2.09 bits per heavy atom. The zero-order chi connectivity index (χ0) is 23.3. The molecule has 1 saturated carbocycles. The maximum absolute atomic E-state index is 13.4. The molecule has 0 unspecified atom stereocenters. The standard InChI is InChI=1S/C23H22N4O5S/c24-22-25-19(27-33-22)17(20(28)29)26-32-23(13-7-8-14-23)21(30)31-18(15-9-3-1-4-10-15)16-11-5-2-6-12-16/h1-6,9-12,18H,7-8,13-14H2,(H,28,29)(H2,24,25,27)/b26-17-. The predicted octanol–water partition coefficient (Wildman–Crippen LogP) is 3.57. The molecule has 0 saturated heterocycles. The number of carbonyl (C=O) groups is 2. The van der Waals surface area contributed by atoms with Gasteiger partial charge in [0, 0.05) is 24.4 Å². The number of oxime groups is 1. The van der Waals surface area contributed by atoms with Crippen LogP contribution >= 0.6 is 11.5 Å². The number of hydrogen-bond acceptors (Lipinski definition) is 9. The van der Waals surface area contributed by atoms with Gasteiger partial charge in [-0.2, -0.15) is 9.36 Å². The Hall–Kier alpha value is -3.79. The highest BCUT2D eigenvalue weighted by molar-refractivity contribution is 7.09. The van der Waals surface area contributed by atoms with Crippen molar-refractivity contribution in [3.63, 3.8) is 0 Å². The molecule has 0 bridgehead atoms. The van der Waals surface area contributed by atoms with Crippen molar-refractivity contribution in [2.75, 3.05) is 5.73 Å². The molecule has 0 radical (unpaired) electrons. The fourth-order valence-corrected chi connectivity index (χ4v) is 4.15. The molecule has 1 heterocycles. The van der Waals surface area contributed by atoms with Crippen LogP contribution in [0.2, 0.25) is 0 Å². The highest BCUT2D eigenvalue weighted by Gasteiger charge is 2.47. The van der Waals surface area contributed by atoms with Crippen LogP contribution in [-0.4, -0.2) is 37.7 Å². The van der Waals surface area contributed by atoms with Crippen molar-refractivity contribution in [1.82, 2.24) is 9.36 Å². The number of aromatic nitrogens is 2. The Bertz CT molecular complexity index is 1100. The summed E-state index contributed by atoms with van der Waals surface area (Å²) < 4.78 is 9.86. The Kier molecular flexibility index (Phi) is 6.64. The number of rotatable bonds is 8. The zero-order valence-electron chi connectivity index (χ0n) is 17.6. The van der Waals surface area contributed by atoms with Crippen LogP contribution in [0.15, 0.2) is 65.8 Å². The number of aliphatic carboxylic acids is 1. The maximum Gasteiger partial charge on any atom is 0.362 e. The molecule has 9 nitrogen and oxygen atoms in total. The van der Waals surface area contributed by atoms with Crippen molar-refractivity contribution < 1.29 is 24.3 Å². The molecule has 0 aliphatic heterocycles. The quantitative estimate of drug-likeness (QED) is 0.292. The average molecular weight is 467 g/mol. The minimum absolute atomic E-state index is 0.0995. The third-order valence-corrected chi connectivity index (χ3v) is 5.92. The topological polar surface area (TPSA) is 137 Å². The summed E-state index contributed by atoms with van der Waals surface area (Å²) in [5.74, 6) is -2.16. The number of anilines is 1. The molecule has 170 valence electrons. The first kappa shape index (κ1) is 22.4. The first-order chi connectivity index (χ1) is 16.0. The fraction of sp³-hybridized carbons (Fsp3) is 0.261. The van der Waals surface area contributed by atoms with E-state index in [1.165, 1.54) is 0 Å². The SMILES string of the molecule is Nc1nc(/C(=N/OC2(C(=O)OC(c3ccccc3)c3ccccc3)CCCC2)C(=O)O)ns1. The minimum atomic E-state index is -1.40. The second-order valence-corrected chi connectivity index (χ2v) is 8.38. The number of nitrogens with zero attached hydrogens (tertiary/aromatic N) is 3. The molecule has 1 fully saturated rings. The second-order valence-electron chi connectivity index (χ2n) is 7.60. The van der Waals surface area contributed by atoms with Crippen LogP contribution < -0.4 is 5.73 Å². The van der Waals surface area contributed by atoms with Crippen LogP contribution in [0.3, 0.4) is 0 Å². The van der Waals surface area contributed by atoms with Crippen LogP contribution in [0.1, 0.15) is 48.7 Å². The molecular weight excluding hydrogens is 444 g/mol. The highest BCUT2D eigenvalue weighted by Crippen LogP contribution is 2.37. The van der Waals surface area contributed by atoms with E-state index < -0.39 is 29.4 Å². The van der Waals surface area contributed by atoms with E-state index in [0.29, 0.717) is 12.8 Å². The normalized spacial score (nSPS) is 15.4. The van der Waals surface area contributed by atoms with Gasteiger partial charge in [0.1, 0.15) is 0 Å². The Balaban J connectivity index is 1.62. The van der Waals surface area contributed by atoms with Gasteiger partial charge in [-0.3, -0.25) is 0 Å². The van der Waals surface area contributed by atoms with Crippen LogP contribution in [0.5, 0.6) is 0 Å². The Morgan fingerprint density at radius 2 is 1.61 bits per heavy atom. The van der Waals surface area contributed by atoms with E-state index in [9.17, 15) is 14.7 Å². The van der Waals surface area contributed by atoms with E-state index in [0.717, 1.165) is 35.5 Å². The molecule has 0 spiro atoms. The van der Waals surface area contributed by atoms with Crippen LogP contribution in [0.4, 0.5) is 5.13 Å².